The van der Waals surface area contributed by atoms with Gasteiger partial charge in [-0.15, -0.1) is 0 Å². The lowest BCUT2D eigenvalue weighted by Crippen LogP contribution is -2.37. The van der Waals surface area contributed by atoms with E-state index in [1.165, 1.54) is 22.5 Å². The minimum absolute atomic E-state index is 0.0348. The molecular weight excluding hydrogens is 362 g/mol. The van der Waals surface area contributed by atoms with Crippen molar-refractivity contribution >= 4 is 16.9 Å². The highest BCUT2D eigenvalue weighted by Gasteiger charge is 2.21. The van der Waals surface area contributed by atoms with Gasteiger partial charge in [-0.05, 0) is 26.8 Å². The van der Waals surface area contributed by atoms with E-state index >= 15 is 0 Å². The molecule has 0 fully saturated rings. The molecule has 3 rings (SSSR count). The molecule has 0 aromatic carbocycles. The van der Waals surface area contributed by atoms with Crippen LogP contribution in [0, 0.1) is 13.8 Å². The molecule has 1 unspecified atom stereocenters. The van der Waals surface area contributed by atoms with Gasteiger partial charge in [0.25, 0.3) is 5.56 Å². The molecule has 0 saturated heterocycles. The fourth-order valence-corrected chi connectivity index (χ4v) is 3.81. The second-order valence-electron chi connectivity index (χ2n) is 7.13. The molecule has 3 heterocycles. The number of aryl methyl sites for hydroxylation is 2. The molecule has 9 nitrogen and oxygen atoms in total. The van der Waals surface area contributed by atoms with Gasteiger partial charge in [0, 0.05) is 38.2 Å². The van der Waals surface area contributed by atoms with Gasteiger partial charge in [-0.25, -0.2) is 9.78 Å². The van der Waals surface area contributed by atoms with Crippen LogP contribution in [0.2, 0.25) is 0 Å². The summed E-state index contributed by atoms with van der Waals surface area (Å²) in [5.41, 5.74) is 2.01. The molecule has 0 N–H and O–H groups in total. The van der Waals surface area contributed by atoms with E-state index in [0.717, 1.165) is 16.0 Å². The van der Waals surface area contributed by atoms with Crippen molar-refractivity contribution in [2.75, 3.05) is 13.7 Å². The molecule has 0 saturated carbocycles. The number of imidazole rings is 1. The number of nitrogens with zero attached hydrogens (tertiary/aromatic N) is 5. The maximum absolute atomic E-state index is 13.0. The summed E-state index contributed by atoms with van der Waals surface area (Å²) in [5, 5.41) is 0. The van der Waals surface area contributed by atoms with Crippen molar-refractivity contribution in [1.82, 2.24) is 23.3 Å². The van der Waals surface area contributed by atoms with Crippen LogP contribution in [0.15, 0.2) is 22.0 Å². The number of Topliss-reactive ketones (excluding diaryl/α,β-unsaturated/α-hetero) is 1. The van der Waals surface area contributed by atoms with Gasteiger partial charge in [-0.1, -0.05) is 0 Å². The average Bonchev–Trinajstić information content (AvgIpc) is 3.19. The van der Waals surface area contributed by atoms with Crippen LogP contribution in [-0.4, -0.2) is 42.8 Å². The second kappa shape index (κ2) is 7.23. The van der Waals surface area contributed by atoms with E-state index in [2.05, 4.69) is 9.55 Å². The zero-order valence-corrected chi connectivity index (χ0v) is 17.0. The van der Waals surface area contributed by atoms with Gasteiger partial charge in [-0.2, -0.15) is 0 Å². The third-order valence-corrected chi connectivity index (χ3v) is 5.16. The summed E-state index contributed by atoms with van der Waals surface area (Å²) in [7, 11) is 4.61. The number of hydrogen-bond acceptors (Lipinski definition) is 5. The predicted octanol–water partition coefficient (Wildman–Crippen LogP) is 0.942. The fourth-order valence-electron chi connectivity index (χ4n) is 3.81. The van der Waals surface area contributed by atoms with E-state index in [4.69, 9.17) is 4.74 Å². The first-order chi connectivity index (χ1) is 13.2. The van der Waals surface area contributed by atoms with Crippen molar-refractivity contribution in [3.63, 3.8) is 0 Å². The van der Waals surface area contributed by atoms with Crippen LogP contribution in [0.4, 0.5) is 0 Å². The van der Waals surface area contributed by atoms with Crippen LogP contribution in [0.1, 0.15) is 34.7 Å². The predicted molar refractivity (Wildman–Crippen MR) is 105 cm³/mol. The summed E-state index contributed by atoms with van der Waals surface area (Å²) in [6.07, 6.45) is 1.43. The van der Waals surface area contributed by atoms with E-state index in [9.17, 15) is 14.4 Å². The minimum Gasteiger partial charge on any atom is -0.383 e. The Balaban J connectivity index is 2.03. The number of aromatic nitrogens is 5. The van der Waals surface area contributed by atoms with Crippen LogP contribution >= 0.6 is 0 Å². The number of carbonyl (C=O) groups excluding carboxylic acids is 1. The Morgan fingerprint density at radius 1 is 1.21 bits per heavy atom. The normalized spacial score (nSPS) is 12.6. The lowest BCUT2D eigenvalue weighted by atomic mass is 10.1. The fraction of sp³-hybridized carbons (Fsp3) is 0.474. The third kappa shape index (κ3) is 3.01. The van der Waals surface area contributed by atoms with Gasteiger partial charge < -0.3 is 13.9 Å². The van der Waals surface area contributed by atoms with Crippen LogP contribution in [0.25, 0.3) is 11.2 Å². The Hall–Kier alpha value is -2.94. The third-order valence-electron chi connectivity index (χ3n) is 5.16. The molecule has 0 bridgehead atoms. The van der Waals surface area contributed by atoms with E-state index in [1.54, 1.807) is 14.2 Å². The van der Waals surface area contributed by atoms with E-state index < -0.39 is 11.2 Å². The maximum atomic E-state index is 13.0. The molecular formula is C19H25N5O4. The lowest BCUT2D eigenvalue weighted by molar-refractivity contribution is 0.0972. The molecule has 3 aromatic heterocycles. The molecule has 1 atom stereocenters. The van der Waals surface area contributed by atoms with Crippen molar-refractivity contribution < 1.29 is 9.53 Å². The summed E-state index contributed by atoms with van der Waals surface area (Å²) in [6, 6.07) is 1.96. The summed E-state index contributed by atoms with van der Waals surface area (Å²) in [6.45, 7) is 6.40. The van der Waals surface area contributed by atoms with Crippen LogP contribution in [0.3, 0.4) is 0 Å². The molecule has 28 heavy (non-hydrogen) atoms. The van der Waals surface area contributed by atoms with Gasteiger partial charge in [0.15, 0.2) is 16.9 Å². The molecule has 9 heteroatoms. The van der Waals surface area contributed by atoms with E-state index in [1.807, 2.05) is 26.8 Å². The van der Waals surface area contributed by atoms with Crippen LogP contribution in [-0.2, 0) is 25.4 Å². The minimum atomic E-state index is -0.470. The molecule has 0 aliphatic carbocycles. The number of hydrogen-bond donors (Lipinski definition) is 0. The first-order valence-electron chi connectivity index (χ1n) is 9.00. The number of rotatable bonds is 6. The summed E-state index contributed by atoms with van der Waals surface area (Å²) >= 11 is 0. The maximum Gasteiger partial charge on any atom is 0.332 e. The van der Waals surface area contributed by atoms with Crippen molar-refractivity contribution in [2.45, 2.75) is 33.4 Å². The summed E-state index contributed by atoms with van der Waals surface area (Å²) in [4.78, 5) is 41.8. The molecule has 0 spiro atoms. The van der Waals surface area contributed by atoms with Crippen LogP contribution < -0.4 is 11.2 Å². The van der Waals surface area contributed by atoms with Gasteiger partial charge in [0.1, 0.15) is 0 Å². The number of ether oxygens (including phenoxy) is 1. The topological polar surface area (TPSA) is 93.1 Å². The zero-order chi connectivity index (χ0) is 20.7. The van der Waals surface area contributed by atoms with Crippen molar-refractivity contribution in [2.24, 2.45) is 14.1 Å². The first-order valence-corrected chi connectivity index (χ1v) is 9.00. The number of methoxy groups -OCH3 is 1. The quantitative estimate of drug-likeness (QED) is 0.587. The summed E-state index contributed by atoms with van der Waals surface area (Å²) in [5.74, 6) is -0.126. The highest BCUT2D eigenvalue weighted by molar-refractivity contribution is 5.98. The number of fused-ring (bicyclic) bond motifs is 1. The SMILES string of the molecule is COCC(C)n1c(C)cc(C(=O)Cn2cnc3c2c(=O)n(C)c(=O)n3C)c1C. The lowest BCUT2D eigenvalue weighted by Gasteiger charge is -2.17. The molecule has 0 aliphatic heterocycles. The number of carbonyl (C=O) groups is 1. The average molecular weight is 387 g/mol. The largest absolute Gasteiger partial charge is 0.383 e. The Morgan fingerprint density at radius 2 is 1.89 bits per heavy atom. The highest BCUT2D eigenvalue weighted by Crippen LogP contribution is 2.22. The molecule has 0 amide bonds. The van der Waals surface area contributed by atoms with E-state index in [-0.39, 0.29) is 29.5 Å². The zero-order valence-electron chi connectivity index (χ0n) is 17.0. The second-order valence-corrected chi connectivity index (χ2v) is 7.13. The Bertz CT molecular complexity index is 1180. The molecule has 3 aromatic rings. The monoisotopic (exact) mass is 387 g/mol. The smallest absolute Gasteiger partial charge is 0.332 e. The Kier molecular flexibility index (Phi) is 5.12. The van der Waals surface area contributed by atoms with Crippen molar-refractivity contribution in [1.29, 1.82) is 0 Å². The first kappa shape index (κ1) is 19.8. The molecule has 0 radical (unpaired) electrons. The summed E-state index contributed by atoms with van der Waals surface area (Å²) < 4.78 is 11.1. The van der Waals surface area contributed by atoms with E-state index in [0.29, 0.717) is 12.2 Å². The molecule has 150 valence electrons. The Morgan fingerprint density at radius 3 is 2.54 bits per heavy atom. The standard InChI is InChI=1S/C19H25N5O4/c1-11-7-14(13(3)24(11)12(2)9-28-6)15(25)8-23-10-20-17-16(23)18(26)22(5)19(27)21(17)4/h7,10,12H,8-9H2,1-6H3. The van der Waals surface area contributed by atoms with Gasteiger partial charge in [-0.3, -0.25) is 18.7 Å². The Labute approximate surface area is 161 Å². The van der Waals surface area contributed by atoms with Crippen LogP contribution in [0.5, 0.6) is 0 Å². The van der Waals surface area contributed by atoms with Gasteiger partial charge >= 0.3 is 5.69 Å². The van der Waals surface area contributed by atoms with Crippen molar-refractivity contribution in [3.05, 3.63) is 50.2 Å². The van der Waals surface area contributed by atoms with Gasteiger partial charge in [0.2, 0.25) is 0 Å². The highest BCUT2D eigenvalue weighted by atomic mass is 16.5. The number of ketones is 1. The van der Waals surface area contributed by atoms with Gasteiger partial charge in [0.05, 0.1) is 25.5 Å². The van der Waals surface area contributed by atoms with Crippen molar-refractivity contribution in [3.8, 4) is 0 Å². The molecule has 0 aliphatic rings.